The van der Waals surface area contributed by atoms with E-state index in [0.29, 0.717) is 5.75 Å². The molecule has 1 N–H and O–H groups in total. The third-order valence-corrected chi connectivity index (χ3v) is 3.14. The van der Waals surface area contributed by atoms with Crippen molar-refractivity contribution < 1.29 is 5.11 Å². The van der Waals surface area contributed by atoms with Crippen LogP contribution in [0.5, 0.6) is 5.75 Å². The summed E-state index contributed by atoms with van der Waals surface area (Å²) in [6, 6.07) is 8.71. The topological polar surface area (TPSA) is 39.1 Å². The lowest BCUT2D eigenvalue weighted by Gasteiger charge is -2.39. The van der Waals surface area contributed by atoms with Crippen LogP contribution < -0.4 is 0 Å². The molecule has 0 amide bonds. The molecule has 1 saturated heterocycles. The van der Waals surface area contributed by atoms with Crippen LogP contribution in [-0.2, 0) is 0 Å². The van der Waals surface area contributed by atoms with Gasteiger partial charge in [0.1, 0.15) is 5.75 Å². The van der Waals surface area contributed by atoms with Gasteiger partial charge in [0, 0.05) is 33.2 Å². The zero-order valence-corrected chi connectivity index (χ0v) is 10.9. The second-order valence-corrected chi connectivity index (χ2v) is 4.63. The van der Waals surface area contributed by atoms with Crippen LogP contribution >= 0.6 is 0 Å². The maximum Gasteiger partial charge on any atom is 0.196 e. The second-order valence-electron chi connectivity index (χ2n) is 4.63. The summed E-state index contributed by atoms with van der Waals surface area (Å²) in [5.74, 6) is 1.55. The molecule has 0 aliphatic carbocycles. The van der Waals surface area contributed by atoms with Crippen molar-refractivity contribution in [3.8, 4) is 5.75 Å². The summed E-state index contributed by atoms with van der Waals surface area (Å²) in [4.78, 5) is 9.16. The average molecular weight is 247 g/mol. The lowest BCUT2D eigenvalue weighted by molar-refractivity contribution is 0.269. The lowest BCUT2D eigenvalue weighted by atomic mass is 10.2. The highest BCUT2D eigenvalue weighted by Crippen LogP contribution is 2.11. The number of para-hydroxylation sites is 1. The molecule has 2 aliphatic rings. The summed E-state index contributed by atoms with van der Waals surface area (Å²) in [7, 11) is 2.14. The molecule has 4 nitrogen and oxygen atoms in total. The first-order valence-electron chi connectivity index (χ1n) is 6.52. The molecule has 2 heterocycles. The molecule has 0 spiro atoms. The van der Waals surface area contributed by atoms with E-state index in [1.165, 1.54) is 38.4 Å². The van der Waals surface area contributed by atoms with Crippen molar-refractivity contribution in [2.24, 2.45) is 4.99 Å². The lowest BCUT2D eigenvalue weighted by Crippen LogP contribution is -2.50. The van der Waals surface area contributed by atoms with Crippen molar-refractivity contribution >= 4 is 5.96 Å². The molecule has 18 heavy (non-hydrogen) atoms. The fourth-order valence-electron chi connectivity index (χ4n) is 2.24. The molecular weight excluding hydrogens is 226 g/mol. The summed E-state index contributed by atoms with van der Waals surface area (Å²) in [6.45, 7) is 4.62. The fraction of sp³-hybridized carbons (Fsp3) is 0.500. The van der Waals surface area contributed by atoms with Gasteiger partial charge in [-0.1, -0.05) is 18.2 Å². The van der Waals surface area contributed by atoms with Gasteiger partial charge in [0.2, 0.25) is 0 Å². The number of hydrogen-bond donors (Lipinski definition) is 1. The Hall–Kier alpha value is -1.71. The number of phenols is 1. The Balaban J connectivity index is 0.000000149. The predicted octanol–water partition coefficient (Wildman–Crippen LogP) is 1.78. The van der Waals surface area contributed by atoms with Crippen molar-refractivity contribution in [3.05, 3.63) is 30.3 Å². The first-order valence-corrected chi connectivity index (χ1v) is 6.52. The number of hydrogen-bond acceptors (Lipinski definition) is 4. The highest BCUT2D eigenvalue weighted by atomic mass is 16.3. The Kier molecular flexibility index (Phi) is 4.45. The first kappa shape index (κ1) is 12.7. The summed E-state index contributed by atoms with van der Waals surface area (Å²) in [5, 5.41) is 8.63. The molecule has 0 aromatic heterocycles. The van der Waals surface area contributed by atoms with Crippen LogP contribution in [0.15, 0.2) is 35.3 Å². The van der Waals surface area contributed by atoms with Crippen molar-refractivity contribution in [1.29, 1.82) is 0 Å². The van der Waals surface area contributed by atoms with E-state index in [-0.39, 0.29) is 0 Å². The Bertz CT molecular complexity index is 391. The third kappa shape index (κ3) is 3.39. The fourth-order valence-corrected chi connectivity index (χ4v) is 2.24. The van der Waals surface area contributed by atoms with Crippen LogP contribution in [0.1, 0.15) is 12.8 Å². The number of guanidine groups is 1. The highest BCUT2D eigenvalue weighted by Gasteiger charge is 2.22. The molecule has 1 aromatic rings. The minimum absolute atomic E-state index is 0.322. The van der Waals surface area contributed by atoms with E-state index < -0.39 is 0 Å². The average Bonchev–Trinajstić information content (AvgIpc) is 2.41. The van der Waals surface area contributed by atoms with Gasteiger partial charge in [0.05, 0.1) is 0 Å². The highest BCUT2D eigenvalue weighted by molar-refractivity contribution is 5.81. The van der Waals surface area contributed by atoms with Gasteiger partial charge in [0.25, 0.3) is 0 Å². The van der Waals surface area contributed by atoms with Crippen molar-refractivity contribution in [2.45, 2.75) is 12.8 Å². The first-order chi connectivity index (χ1) is 8.77. The van der Waals surface area contributed by atoms with Gasteiger partial charge in [0.15, 0.2) is 5.96 Å². The number of aliphatic imine (C=N–C) groups is 1. The molecule has 2 aliphatic heterocycles. The van der Waals surface area contributed by atoms with Crippen LogP contribution in [0.25, 0.3) is 0 Å². The monoisotopic (exact) mass is 247 g/mol. The van der Waals surface area contributed by atoms with Crippen molar-refractivity contribution in [2.75, 3.05) is 33.2 Å². The molecule has 0 bridgehead atoms. The van der Waals surface area contributed by atoms with E-state index in [9.17, 15) is 0 Å². The largest absolute Gasteiger partial charge is 0.508 e. The smallest absolute Gasteiger partial charge is 0.196 e. The van der Waals surface area contributed by atoms with E-state index in [1.54, 1.807) is 24.3 Å². The summed E-state index contributed by atoms with van der Waals surface area (Å²) < 4.78 is 0. The van der Waals surface area contributed by atoms with E-state index in [0.717, 1.165) is 6.54 Å². The van der Waals surface area contributed by atoms with Gasteiger partial charge < -0.3 is 14.9 Å². The molecule has 0 unspecified atom stereocenters. The van der Waals surface area contributed by atoms with Gasteiger partial charge in [-0.25, -0.2) is 0 Å². The van der Waals surface area contributed by atoms with Crippen molar-refractivity contribution in [1.82, 2.24) is 9.80 Å². The number of rotatable bonds is 0. The SMILES string of the molecule is CN1CCCN2CCCN=C12.Oc1ccccc1. The normalized spacial score (nSPS) is 18.4. The Morgan fingerprint density at radius 2 is 1.78 bits per heavy atom. The molecule has 3 rings (SSSR count). The molecule has 1 fully saturated rings. The molecule has 4 heteroatoms. The Labute approximate surface area is 109 Å². The Morgan fingerprint density at radius 1 is 1.06 bits per heavy atom. The van der Waals surface area contributed by atoms with E-state index in [1.807, 2.05) is 6.07 Å². The van der Waals surface area contributed by atoms with E-state index in [4.69, 9.17) is 5.11 Å². The number of fused-ring (bicyclic) bond motifs is 1. The molecule has 0 radical (unpaired) electrons. The van der Waals surface area contributed by atoms with Gasteiger partial charge in [-0.3, -0.25) is 4.99 Å². The molecule has 0 saturated carbocycles. The minimum Gasteiger partial charge on any atom is -0.508 e. The van der Waals surface area contributed by atoms with Crippen LogP contribution in [0, 0.1) is 0 Å². The standard InChI is InChI=1S/C8H15N3.C6H6O/c1-10-5-3-7-11-6-2-4-9-8(10)11;7-6-4-2-1-3-5-6/h2-7H2,1H3;1-5,7H. The summed E-state index contributed by atoms with van der Waals surface area (Å²) >= 11 is 0. The minimum atomic E-state index is 0.322. The number of aromatic hydroxyl groups is 1. The number of nitrogens with zero attached hydrogens (tertiary/aromatic N) is 3. The Morgan fingerprint density at radius 3 is 2.39 bits per heavy atom. The van der Waals surface area contributed by atoms with Gasteiger partial charge in [-0.15, -0.1) is 0 Å². The van der Waals surface area contributed by atoms with Crippen molar-refractivity contribution in [3.63, 3.8) is 0 Å². The maximum absolute atomic E-state index is 8.63. The van der Waals surface area contributed by atoms with Gasteiger partial charge >= 0.3 is 0 Å². The quantitative estimate of drug-likeness (QED) is 0.759. The van der Waals surface area contributed by atoms with E-state index in [2.05, 4.69) is 21.8 Å². The van der Waals surface area contributed by atoms with Crippen LogP contribution in [0.4, 0.5) is 0 Å². The van der Waals surface area contributed by atoms with Gasteiger partial charge in [-0.05, 0) is 25.0 Å². The van der Waals surface area contributed by atoms with E-state index >= 15 is 0 Å². The maximum atomic E-state index is 8.63. The number of phenolic OH excluding ortho intramolecular Hbond substituents is 1. The van der Waals surface area contributed by atoms with Crippen LogP contribution in [-0.4, -0.2) is 54.1 Å². The molecular formula is C14H21N3O. The van der Waals surface area contributed by atoms with Crippen LogP contribution in [0.2, 0.25) is 0 Å². The molecule has 1 aromatic carbocycles. The molecule has 0 atom stereocenters. The summed E-state index contributed by atoms with van der Waals surface area (Å²) in [6.07, 6.45) is 2.52. The predicted molar refractivity (Wildman–Crippen MR) is 73.8 cm³/mol. The second kappa shape index (κ2) is 6.28. The molecule has 98 valence electrons. The zero-order valence-electron chi connectivity index (χ0n) is 10.9. The zero-order chi connectivity index (χ0) is 12.8. The third-order valence-electron chi connectivity index (χ3n) is 3.14. The van der Waals surface area contributed by atoms with Gasteiger partial charge in [-0.2, -0.15) is 0 Å². The number of benzene rings is 1. The van der Waals surface area contributed by atoms with Crippen LogP contribution in [0.3, 0.4) is 0 Å². The summed E-state index contributed by atoms with van der Waals surface area (Å²) in [5.41, 5.74) is 0.